The van der Waals surface area contributed by atoms with E-state index in [0.717, 1.165) is 30.3 Å². The molecule has 6 aromatic carbocycles. The lowest BCUT2D eigenvalue weighted by Crippen LogP contribution is -2.19. The minimum absolute atomic E-state index is 0.0496. The van der Waals surface area contributed by atoms with Gasteiger partial charge in [0.2, 0.25) is 11.7 Å². The van der Waals surface area contributed by atoms with Crippen molar-refractivity contribution in [1.82, 2.24) is 0 Å². The standard InChI is InChI=1S/C38H27N7O11S3/c39-37(47)17-21-1-4-23(5-2-21)40-41-32-12-14-34(30-19-25(58(51,52)53)7-10-28(30)32)43-42-33-13-15-35(31-20-26(59(54,55)56)8-11-29(31)33)44-45-38-27-9-6-24(57(48,49)50)18-22(27)3-16-36(38)46/h1-16,18-20,44H,17H2,(H2,39,47)(H,48,49,50)(H,51,52,53)(H,54,55,56)/b41-40?,43-42?,45-38+. The highest BCUT2D eigenvalue weighted by molar-refractivity contribution is 7.86. The molecule has 7 rings (SSSR count). The van der Waals surface area contributed by atoms with Crippen LogP contribution in [0, 0.1) is 0 Å². The van der Waals surface area contributed by atoms with Gasteiger partial charge in [0.1, 0.15) is 5.71 Å². The van der Waals surface area contributed by atoms with Gasteiger partial charge in [0.25, 0.3) is 30.4 Å². The van der Waals surface area contributed by atoms with Crippen molar-refractivity contribution in [2.75, 3.05) is 5.43 Å². The van der Waals surface area contributed by atoms with Crippen molar-refractivity contribution in [3.8, 4) is 0 Å². The summed E-state index contributed by atoms with van der Waals surface area (Å²) in [7, 11) is -13.9. The summed E-state index contributed by atoms with van der Waals surface area (Å²) in [6.45, 7) is 0. The summed E-state index contributed by atoms with van der Waals surface area (Å²) in [5, 5.41) is 22.5. The Balaban J connectivity index is 1.28. The molecule has 1 aliphatic rings. The van der Waals surface area contributed by atoms with Gasteiger partial charge in [-0.3, -0.25) is 28.7 Å². The lowest BCUT2D eigenvalue weighted by atomic mass is 9.95. The van der Waals surface area contributed by atoms with Gasteiger partial charge in [-0.25, -0.2) is 0 Å². The zero-order chi connectivity index (χ0) is 42.3. The Hall–Kier alpha value is -6.88. The van der Waals surface area contributed by atoms with E-state index in [1.165, 1.54) is 54.6 Å². The normalized spacial score (nSPS) is 14.2. The Morgan fingerprint density at radius 1 is 0.576 bits per heavy atom. The molecule has 0 spiro atoms. The molecule has 0 unspecified atom stereocenters. The summed E-state index contributed by atoms with van der Waals surface area (Å²) in [5.74, 6) is -1.04. The van der Waals surface area contributed by atoms with Crippen molar-refractivity contribution in [3.63, 3.8) is 0 Å². The number of carbonyl (C=O) groups is 2. The summed E-state index contributed by atoms with van der Waals surface area (Å²) >= 11 is 0. The van der Waals surface area contributed by atoms with Crippen LogP contribution in [0.3, 0.4) is 0 Å². The molecule has 59 heavy (non-hydrogen) atoms. The fraction of sp³-hybridized carbons (Fsp3) is 0.0263. The minimum atomic E-state index is -4.71. The maximum atomic E-state index is 12.9. The van der Waals surface area contributed by atoms with Crippen LogP contribution in [0.25, 0.3) is 27.6 Å². The lowest BCUT2D eigenvalue weighted by molar-refractivity contribution is -0.117. The number of nitrogens with zero attached hydrogens (tertiary/aromatic N) is 5. The van der Waals surface area contributed by atoms with E-state index in [9.17, 15) is 48.5 Å². The summed E-state index contributed by atoms with van der Waals surface area (Å²) in [6.07, 6.45) is 2.56. The molecule has 0 atom stereocenters. The fourth-order valence-electron chi connectivity index (χ4n) is 6.05. The van der Waals surface area contributed by atoms with E-state index in [1.54, 1.807) is 30.3 Å². The number of amides is 1. The zero-order valence-electron chi connectivity index (χ0n) is 29.8. The Labute approximate surface area is 334 Å². The number of fused-ring (bicyclic) bond motifs is 3. The highest BCUT2D eigenvalue weighted by Gasteiger charge is 2.23. The Morgan fingerprint density at radius 2 is 1.08 bits per heavy atom. The van der Waals surface area contributed by atoms with Crippen LogP contribution in [0.15, 0.2) is 149 Å². The first kappa shape index (κ1) is 40.3. The van der Waals surface area contributed by atoms with Crippen molar-refractivity contribution in [2.45, 2.75) is 21.1 Å². The van der Waals surface area contributed by atoms with E-state index in [4.69, 9.17) is 5.73 Å². The van der Waals surface area contributed by atoms with E-state index in [-0.39, 0.29) is 56.5 Å². The first-order valence-electron chi connectivity index (χ1n) is 16.8. The number of carbonyl (C=O) groups excluding carboxylic acids is 2. The summed E-state index contributed by atoms with van der Waals surface area (Å²) < 4.78 is 101. The number of ketones is 1. The van der Waals surface area contributed by atoms with Gasteiger partial charge < -0.3 is 5.73 Å². The van der Waals surface area contributed by atoms with Crippen LogP contribution in [-0.2, 0) is 46.4 Å². The Bertz CT molecular complexity index is 3240. The minimum Gasteiger partial charge on any atom is -0.369 e. The number of allylic oxidation sites excluding steroid dienone is 1. The van der Waals surface area contributed by atoms with E-state index >= 15 is 0 Å². The topological polar surface area (TPSA) is 297 Å². The monoisotopic (exact) mass is 853 g/mol. The number of nitrogens with one attached hydrogen (secondary N) is 1. The van der Waals surface area contributed by atoms with Gasteiger partial charge in [0.05, 0.1) is 49.5 Å². The van der Waals surface area contributed by atoms with E-state index in [1.807, 2.05) is 0 Å². The molecule has 0 radical (unpaired) electrons. The quantitative estimate of drug-likeness (QED) is 0.0500. The number of anilines is 1. The SMILES string of the molecule is NC(=O)Cc1ccc(N=Nc2ccc(N=Nc3ccc(N/N=C4/C(=O)C=Cc5cc(S(=O)(=O)O)ccc54)c4cc(S(=O)(=O)O)ccc34)c3cc(S(=O)(=O)O)ccc23)cc1. The molecule has 1 aliphatic carbocycles. The second-order valence-corrected chi connectivity index (χ2v) is 17.1. The lowest BCUT2D eigenvalue weighted by Gasteiger charge is -2.14. The van der Waals surface area contributed by atoms with Crippen LogP contribution in [0.5, 0.6) is 0 Å². The Morgan fingerprint density at radius 3 is 1.68 bits per heavy atom. The van der Waals surface area contributed by atoms with Crippen LogP contribution in [0.4, 0.5) is 28.4 Å². The van der Waals surface area contributed by atoms with Gasteiger partial charge in [-0.1, -0.05) is 36.4 Å². The van der Waals surface area contributed by atoms with Crippen molar-refractivity contribution in [3.05, 3.63) is 126 Å². The molecule has 298 valence electrons. The fourth-order valence-corrected chi connectivity index (χ4v) is 7.58. The molecule has 0 aliphatic heterocycles. The van der Waals surface area contributed by atoms with Crippen LogP contribution in [0.2, 0.25) is 0 Å². The molecule has 0 saturated carbocycles. The number of hydrogen-bond acceptors (Lipinski definition) is 14. The molecule has 0 heterocycles. The predicted molar refractivity (Wildman–Crippen MR) is 216 cm³/mol. The molecule has 0 fully saturated rings. The van der Waals surface area contributed by atoms with Crippen LogP contribution >= 0.6 is 0 Å². The average Bonchev–Trinajstić information content (AvgIpc) is 3.18. The first-order valence-corrected chi connectivity index (χ1v) is 21.1. The van der Waals surface area contributed by atoms with E-state index in [2.05, 4.69) is 31.0 Å². The van der Waals surface area contributed by atoms with Gasteiger partial charge in [-0.15, -0.1) is 15.3 Å². The molecular weight excluding hydrogens is 827 g/mol. The molecule has 6 aromatic rings. The van der Waals surface area contributed by atoms with Crippen molar-refractivity contribution in [2.24, 2.45) is 31.3 Å². The zero-order valence-corrected chi connectivity index (χ0v) is 32.3. The number of rotatable bonds is 11. The Kier molecular flexibility index (Phi) is 10.6. The van der Waals surface area contributed by atoms with Crippen molar-refractivity contribution < 1.29 is 48.5 Å². The molecule has 0 saturated heterocycles. The summed E-state index contributed by atoms with van der Waals surface area (Å²) in [6, 6.07) is 23.5. The molecule has 0 bridgehead atoms. The third-order valence-corrected chi connectivity index (χ3v) is 11.4. The highest BCUT2D eigenvalue weighted by Crippen LogP contribution is 2.39. The van der Waals surface area contributed by atoms with Gasteiger partial charge in [0.15, 0.2) is 0 Å². The number of nitrogens with two attached hydrogens (primary N) is 1. The smallest absolute Gasteiger partial charge is 0.294 e. The maximum absolute atomic E-state index is 12.9. The summed E-state index contributed by atoms with van der Waals surface area (Å²) in [5.41, 5.74) is 10.2. The average molecular weight is 854 g/mol. The van der Waals surface area contributed by atoms with Crippen molar-refractivity contribution >= 4 is 104 Å². The second-order valence-electron chi connectivity index (χ2n) is 12.8. The van der Waals surface area contributed by atoms with Crippen LogP contribution < -0.4 is 11.2 Å². The summed E-state index contributed by atoms with van der Waals surface area (Å²) in [4.78, 5) is 22.8. The number of hydrazone groups is 1. The number of benzene rings is 6. The maximum Gasteiger partial charge on any atom is 0.294 e. The predicted octanol–water partition coefficient (Wildman–Crippen LogP) is 7.00. The molecule has 21 heteroatoms. The number of azo groups is 2. The highest BCUT2D eigenvalue weighted by atomic mass is 32.2. The van der Waals surface area contributed by atoms with Gasteiger partial charge >= 0.3 is 0 Å². The molecule has 1 amide bonds. The molecule has 6 N–H and O–H groups in total. The number of primary amides is 1. The first-order chi connectivity index (χ1) is 27.8. The van der Waals surface area contributed by atoms with E-state index < -0.39 is 56.7 Å². The van der Waals surface area contributed by atoms with E-state index in [0.29, 0.717) is 22.3 Å². The second kappa shape index (κ2) is 15.5. The van der Waals surface area contributed by atoms with Crippen LogP contribution in [-0.4, -0.2) is 56.3 Å². The van der Waals surface area contributed by atoms with Gasteiger partial charge in [-0.05, 0) is 90.0 Å². The molecule has 18 nitrogen and oxygen atoms in total. The number of hydrogen-bond donors (Lipinski definition) is 5. The van der Waals surface area contributed by atoms with Gasteiger partial charge in [0, 0.05) is 27.1 Å². The van der Waals surface area contributed by atoms with Crippen LogP contribution in [0.1, 0.15) is 16.7 Å². The third kappa shape index (κ3) is 8.84. The molecule has 0 aromatic heterocycles. The third-order valence-electron chi connectivity index (χ3n) is 8.87. The largest absolute Gasteiger partial charge is 0.369 e. The van der Waals surface area contributed by atoms with Gasteiger partial charge in [-0.2, -0.15) is 35.5 Å². The van der Waals surface area contributed by atoms with Crippen molar-refractivity contribution in [1.29, 1.82) is 0 Å². The molecular formula is C38H27N7O11S3.